The number of imide groups is 1. The van der Waals surface area contributed by atoms with Gasteiger partial charge in [0.2, 0.25) is 0 Å². The quantitative estimate of drug-likeness (QED) is 0.721. The summed E-state index contributed by atoms with van der Waals surface area (Å²) in [6.07, 6.45) is 3.01. The lowest BCUT2D eigenvalue weighted by Crippen LogP contribution is -2.37. The number of nitrogens with zero attached hydrogens (tertiary/aromatic N) is 1. The van der Waals surface area contributed by atoms with E-state index in [1.807, 2.05) is 0 Å². The molecule has 0 aliphatic carbocycles. The second kappa shape index (κ2) is 8.21. The van der Waals surface area contributed by atoms with Crippen LogP contribution in [0.5, 0.6) is 0 Å². The van der Waals surface area contributed by atoms with Crippen molar-refractivity contribution in [3.8, 4) is 0 Å². The van der Waals surface area contributed by atoms with Crippen LogP contribution in [0.1, 0.15) is 21.7 Å². The van der Waals surface area contributed by atoms with Gasteiger partial charge in [-0.25, -0.2) is 0 Å². The lowest BCUT2D eigenvalue weighted by molar-refractivity contribution is -0.122. The van der Waals surface area contributed by atoms with Gasteiger partial charge < -0.3 is 9.73 Å². The summed E-state index contributed by atoms with van der Waals surface area (Å²) in [5, 5.41) is 3.01. The number of carbonyl (C=O) groups is 3. The molecule has 3 amide bonds. The normalized spacial score (nSPS) is 15.7. The first-order chi connectivity index (χ1) is 12.9. The second-order valence-electron chi connectivity index (χ2n) is 5.70. The molecule has 27 heavy (non-hydrogen) atoms. The Balaban J connectivity index is 1.62. The van der Waals surface area contributed by atoms with Crippen molar-refractivity contribution in [3.05, 3.63) is 62.4 Å². The molecule has 1 aromatic carbocycles. The molecule has 1 saturated heterocycles. The van der Waals surface area contributed by atoms with Crippen molar-refractivity contribution >= 4 is 58.1 Å². The van der Waals surface area contributed by atoms with E-state index in [4.69, 9.17) is 27.6 Å². The number of hydrogen-bond donors (Lipinski definition) is 1. The van der Waals surface area contributed by atoms with Gasteiger partial charge in [0, 0.05) is 18.7 Å². The summed E-state index contributed by atoms with van der Waals surface area (Å²) < 4.78 is 5.10. The molecule has 0 unspecified atom stereocenters. The van der Waals surface area contributed by atoms with E-state index in [2.05, 4.69) is 5.32 Å². The van der Waals surface area contributed by atoms with Gasteiger partial charge in [-0.3, -0.25) is 19.3 Å². The molecular weight excluding hydrogens is 411 g/mol. The first-order valence-electron chi connectivity index (χ1n) is 7.89. The third-order valence-electron chi connectivity index (χ3n) is 3.80. The monoisotopic (exact) mass is 424 g/mol. The maximum atomic E-state index is 12.5. The first-order valence-corrected chi connectivity index (χ1v) is 9.47. The summed E-state index contributed by atoms with van der Waals surface area (Å²) in [5.41, 5.74) is 1.37. The van der Waals surface area contributed by atoms with Crippen molar-refractivity contribution in [2.75, 3.05) is 13.1 Å². The van der Waals surface area contributed by atoms with Gasteiger partial charge in [0.05, 0.1) is 21.2 Å². The zero-order valence-electron chi connectivity index (χ0n) is 14.1. The van der Waals surface area contributed by atoms with E-state index in [1.54, 1.807) is 37.3 Å². The number of hydrogen-bond acceptors (Lipinski definition) is 5. The summed E-state index contributed by atoms with van der Waals surface area (Å²) in [6, 6.07) is 6.61. The van der Waals surface area contributed by atoms with Gasteiger partial charge in [-0.2, -0.15) is 0 Å². The van der Waals surface area contributed by atoms with Crippen LogP contribution < -0.4 is 5.32 Å². The number of rotatable bonds is 5. The second-order valence-corrected chi connectivity index (χ2v) is 7.50. The molecule has 0 saturated carbocycles. The molecule has 0 spiro atoms. The third kappa shape index (κ3) is 4.37. The van der Waals surface area contributed by atoms with Gasteiger partial charge in [-0.1, -0.05) is 29.3 Å². The van der Waals surface area contributed by atoms with Crippen LogP contribution >= 0.6 is 35.0 Å². The summed E-state index contributed by atoms with van der Waals surface area (Å²) >= 11 is 12.7. The average Bonchev–Trinajstić information content (AvgIpc) is 3.16. The maximum absolute atomic E-state index is 12.5. The number of thioether (sulfide) groups is 1. The molecule has 1 fully saturated rings. The Morgan fingerprint density at radius 3 is 2.70 bits per heavy atom. The minimum Gasteiger partial charge on any atom is -0.459 e. The summed E-state index contributed by atoms with van der Waals surface area (Å²) in [5.74, 6) is -0.598. The summed E-state index contributed by atoms with van der Waals surface area (Å²) in [7, 11) is 0. The van der Waals surface area contributed by atoms with E-state index in [1.165, 1.54) is 6.26 Å². The van der Waals surface area contributed by atoms with Crippen molar-refractivity contribution in [2.45, 2.75) is 6.92 Å². The van der Waals surface area contributed by atoms with E-state index < -0.39 is 17.1 Å². The Bertz CT molecular complexity index is 955. The molecule has 0 radical (unpaired) electrons. The number of amides is 3. The van der Waals surface area contributed by atoms with Gasteiger partial charge in [0.25, 0.3) is 17.1 Å². The lowest BCUT2D eigenvalue weighted by atomic mass is 10.2. The van der Waals surface area contributed by atoms with Gasteiger partial charge in [0.15, 0.2) is 5.76 Å². The van der Waals surface area contributed by atoms with Gasteiger partial charge >= 0.3 is 0 Å². The molecule has 1 aromatic heterocycles. The molecule has 0 atom stereocenters. The Morgan fingerprint density at radius 2 is 2.04 bits per heavy atom. The van der Waals surface area contributed by atoms with Crippen LogP contribution in [0.15, 0.2) is 39.9 Å². The average molecular weight is 425 g/mol. The highest BCUT2D eigenvalue weighted by atomic mass is 35.5. The Morgan fingerprint density at radius 1 is 1.26 bits per heavy atom. The van der Waals surface area contributed by atoms with Crippen LogP contribution in [0.2, 0.25) is 10.0 Å². The molecule has 9 heteroatoms. The molecule has 2 aromatic rings. The van der Waals surface area contributed by atoms with Crippen molar-refractivity contribution in [2.24, 2.45) is 0 Å². The fraction of sp³-hybridized carbons (Fsp3) is 0.167. The van der Waals surface area contributed by atoms with Crippen molar-refractivity contribution < 1.29 is 18.8 Å². The molecule has 140 valence electrons. The van der Waals surface area contributed by atoms with Crippen molar-refractivity contribution in [1.29, 1.82) is 0 Å². The van der Waals surface area contributed by atoms with Crippen LogP contribution in [-0.4, -0.2) is 35.0 Å². The van der Waals surface area contributed by atoms with Crippen LogP contribution in [-0.2, 0) is 4.79 Å². The number of carbonyl (C=O) groups excluding carboxylic acids is 3. The molecule has 1 aliphatic heterocycles. The van der Waals surface area contributed by atoms with Crippen LogP contribution in [0.3, 0.4) is 0 Å². The molecule has 0 bridgehead atoms. The van der Waals surface area contributed by atoms with Crippen molar-refractivity contribution in [3.63, 3.8) is 0 Å². The SMILES string of the molecule is Cc1ccoc1C(=O)NCCN1C(=O)SC(=Cc2ccc(Cl)c(Cl)c2)C1=O. The standard InChI is InChI=1S/C18H14Cl2N2O4S/c1-10-4-7-26-15(10)16(23)21-5-6-22-17(24)14(27-18(22)25)9-11-2-3-12(19)13(20)8-11/h2-4,7-9H,5-6H2,1H3,(H,21,23). The number of benzene rings is 1. The molecule has 6 nitrogen and oxygen atoms in total. The van der Waals surface area contributed by atoms with Crippen LogP contribution in [0, 0.1) is 6.92 Å². The van der Waals surface area contributed by atoms with Gasteiger partial charge in [0.1, 0.15) is 0 Å². The largest absolute Gasteiger partial charge is 0.459 e. The first kappa shape index (κ1) is 19.5. The predicted octanol–water partition coefficient (Wildman–Crippen LogP) is 4.36. The molecule has 1 aliphatic rings. The Kier molecular flexibility index (Phi) is 5.94. The van der Waals surface area contributed by atoms with E-state index in [-0.39, 0.29) is 23.8 Å². The molecule has 3 rings (SSSR count). The van der Waals surface area contributed by atoms with Gasteiger partial charge in [-0.05, 0) is 48.5 Å². The summed E-state index contributed by atoms with van der Waals surface area (Å²) in [4.78, 5) is 37.9. The lowest BCUT2D eigenvalue weighted by Gasteiger charge is -2.12. The highest BCUT2D eigenvalue weighted by molar-refractivity contribution is 8.18. The number of halogens is 2. The molecule has 2 heterocycles. The maximum Gasteiger partial charge on any atom is 0.293 e. The van der Waals surface area contributed by atoms with E-state index in [0.29, 0.717) is 21.2 Å². The Hall–Kier alpha value is -2.22. The smallest absolute Gasteiger partial charge is 0.293 e. The highest BCUT2D eigenvalue weighted by Crippen LogP contribution is 2.33. The zero-order chi connectivity index (χ0) is 19.6. The minimum absolute atomic E-state index is 0.0644. The number of nitrogens with one attached hydrogen (secondary N) is 1. The minimum atomic E-state index is -0.417. The summed E-state index contributed by atoms with van der Waals surface area (Å²) in [6.45, 7) is 1.94. The van der Waals surface area contributed by atoms with E-state index in [9.17, 15) is 14.4 Å². The molecular formula is C18H14Cl2N2O4S. The number of furan rings is 1. The van der Waals surface area contributed by atoms with E-state index in [0.717, 1.165) is 16.7 Å². The van der Waals surface area contributed by atoms with Crippen LogP contribution in [0.25, 0.3) is 6.08 Å². The fourth-order valence-electron chi connectivity index (χ4n) is 2.41. The molecule has 1 N–H and O–H groups in total. The van der Waals surface area contributed by atoms with Gasteiger partial charge in [-0.15, -0.1) is 0 Å². The van der Waals surface area contributed by atoms with Crippen LogP contribution in [0.4, 0.5) is 4.79 Å². The zero-order valence-corrected chi connectivity index (χ0v) is 16.5. The fourth-order valence-corrected chi connectivity index (χ4v) is 3.58. The number of aryl methyl sites for hydroxylation is 1. The predicted molar refractivity (Wildman–Crippen MR) is 105 cm³/mol. The topological polar surface area (TPSA) is 79.6 Å². The highest BCUT2D eigenvalue weighted by Gasteiger charge is 2.34. The van der Waals surface area contributed by atoms with Crippen molar-refractivity contribution in [1.82, 2.24) is 10.2 Å². The van der Waals surface area contributed by atoms with E-state index >= 15 is 0 Å². The Labute approximate surface area is 169 Å². The third-order valence-corrected chi connectivity index (χ3v) is 5.45.